The van der Waals surface area contributed by atoms with Crippen LogP contribution in [0.4, 0.5) is 4.79 Å². The highest BCUT2D eigenvalue weighted by molar-refractivity contribution is 5.86. The minimum Gasteiger partial charge on any atom is -0.480 e. The molecule has 2 saturated heterocycles. The number of carboxylic acids is 1. The number of likely N-dealkylation sites (tertiary alicyclic amines) is 1. The number of nitrogens with one attached hydrogen (secondary N) is 1. The second kappa shape index (κ2) is 5.83. The number of aliphatic carboxylic acids is 1. The summed E-state index contributed by atoms with van der Waals surface area (Å²) in [5.41, 5.74) is -1.15. The van der Waals surface area contributed by atoms with Crippen LogP contribution in [0.15, 0.2) is 0 Å². The van der Waals surface area contributed by atoms with Crippen LogP contribution < -0.4 is 5.32 Å². The number of ether oxygens (including phenoxy) is 1. The summed E-state index contributed by atoms with van der Waals surface area (Å²) in [5, 5.41) is 12.4. The Hall–Kier alpha value is -1.30. The molecular formula is C15H24N2O4. The van der Waals surface area contributed by atoms with E-state index in [1.807, 2.05) is 4.90 Å². The molecule has 118 valence electrons. The molecule has 21 heavy (non-hydrogen) atoms. The van der Waals surface area contributed by atoms with Crippen LogP contribution in [0.5, 0.6) is 0 Å². The lowest BCUT2D eigenvalue weighted by Crippen LogP contribution is -2.62. The normalized spacial score (nSPS) is 31.5. The maximum Gasteiger partial charge on any atom is 0.329 e. The summed E-state index contributed by atoms with van der Waals surface area (Å²) >= 11 is 0. The van der Waals surface area contributed by atoms with Gasteiger partial charge in [-0.2, -0.15) is 0 Å². The van der Waals surface area contributed by atoms with Crippen LogP contribution >= 0.6 is 0 Å². The Kier molecular flexibility index (Phi) is 4.06. The van der Waals surface area contributed by atoms with Crippen molar-refractivity contribution < 1.29 is 19.4 Å². The number of urea groups is 1. The first-order valence-electron chi connectivity index (χ1n) is 8.02. The Morgan fingerprint density at radius 1 is 1.14 bits per heavy atom. The van der Waals surface area contributed by atoms with Crippen molar-refractivity contribution in [1.29, 1.82) is 0 Å². The van der Waals surface area contributed by atoms with E-state index in [2.05, 4.69) is 5.32 Å². The summed E-state index contributed by atoms with van der Waals surface area (Å²) in [6.07, 6.45) is 6.35. The molecule has 0 spiro atoms. The van der Waals surface area contributed by atoms with Gasteiger partial charge in [-0.3, -0.25) is 0 Å². The van der Waals surface area contributed by atoms with E-state index < -0.39 is 11.5 Å². The number of carbonyl (C=O) groups excluding carboxylic acids is 1. The molecule has 0 bridgehead atoms. The summed E-state index contributed by atoms with van der Waals surface area (Å²) in [6, 6.07) is 0.111. The number of piperidine rings is 1. The van der Waals surface area contributed by atoms with Gasteiger partial charge in [0.05, 0.1) is 0 Å². The summed E-state index contributed by atoms with van der Waals surface area (Å²) in [5.74, 6) is -0.334. The number of fused-ring (bicyclic) bond motifs is 1. The average Bonchev–Trinajstić information content (AvgIpc) is 2.96. The smallest absolute Gasteiger partial charge is 0.329 e. The van der Waals surface area contributed by atoms with E-state index in [9.17, 15) is 14.7 Å². The molecule has 2 N–H and O–H groups in total. The van der Waals surface area contributed by atoms with Gasteiger partial charge in [-0.15, -0.1) is 0 Å². The summed E-state index contributed by atoms with van der Waals surface area (Å²) < 4.78 is 5.24. The van der Waals surface area contributed by atoms with Crippen LogP contribution in [0.1, 0.15) is 44.9 Å². The number of hydrogen-bond donors (Lipinski definition) is 2. The molecule has 0 aromatic rings. The molecule has 2 aliphatic heterocycles. The number of amides is 2. The van der Waals surface area contributed by atoms with Crippen LogP contribution in [-0.4, -0.2) is 53.3 Å². The van der Waals surface area contributed by atoms with Gasteiger partial charge < -0.3 is 20.1 Å². The van der Waals surface area contributed by atoms with Crippen LogP contribution in [0.3, 0.4) is 0 Å². The zero-order chi connectivity index (χ0) is 14.9. The summed E-state index contributed by atoms with van der Waals surface area (Å²) in [4.78, 5) is 26.2. The van der Waals surface area contributed by atoms with E-state index in [1.165, 1.54) is 19.3 Å². The number of carboxylic acid groups (broad SMARTS) is 1. The standard InChI is InChI=1S/C15H24N2O4/c18-13(19)15(6-9-21-10-7-15)16-14(20)17-8-2-4-11-3-1-5-12(11)17/h11-12H,1-10H2,(H,16,20)(H,18,19). The molecule has 0 aromatic heterocycles. The highest BCUT2D eigenvalue weighted by Crippen LogP contribution is 2.37. The molecule has 2 atom stereocenters. The molecule has 3 aliphatic rings. The molecular weight excluding hydrogens is 272 g/mol. The van der Waals surface area contributed by atoms with Crippen molar-refractivity contribution in [2.45, 2.75) is 56.5 Å². The first kappa shape index (κ1) is 14.6. The first-order valence-corrected chi connectivity index (χ1v) is 8.02. The lowest BCUT2D eigenvalue weighted by molar-refractivity contribution is -0.148. The van der Waals surface area contributed by atoms with Crippen molar-refractivity contribution in [2.75, 3.05) is 19.8 Å². The fourth-order valence-corrected chi connectivity index (χ4v) is 4.09. The summed E-state index contributed by atoms with van der Waals surface area (Å²) in [6.45, 7) is 1.52. The number of hydrogen-bond acceptors (Lipinski definition) is 3. The van der Waals surface area contributed by atoms with Gasteiger partial charge in [0.15, 0.2) is 0 Å². The molecule has 6 heteroatoms. The van der Waals surface area contributed by atoms with Gasteiger partial charge in [0.2, 0.25) is 0 Å². The molecule has 1 aliphatic carbocycles. The quantitative estimate of drug-likeness (QED) is 0.811. The van der Waals surface area contributed by atoms with Gasteiger partial charge in [-0.25, -0.2) is 9.59 Å². The largest absolute Gasteiger partial charge is 0.480 e. The number of rotatable bonds is 2. The second-order valence-electron chi connectivity index (χ2n) is 6.52. The van der Waals surface area contributed by atoms with Gasteiger partial charge >= 0.3 is 12.0 Å². The SMILES string of the molecule is O=C(NC1(C(=O)O)CCOCC1)N1CCCC2CCCC21. The third-order valence-electron chi connectivity index (χ3n) is 5.36. The Labute approximate surface area is 124 Å². The van der Waals surface area contributed by atoms with Crippen LogP contribution in [0.2, 0.25) is 0 Å². The average molecular weight is 296 g/mol. The third kappa shape index (κ3) is 2.73. The first-order chi connectivity index (χ1) is 10.1. The predicted octanol–water partition coefficient (Wildman–Crippen LogP) is 1.59. The zero-order valence-corrected chi connectivity index (χ0v) is 12.3. The van der Waals surface area contributed by atoms with E-state index in [4.69, 9.17) is 4.74 Å². The Bertz CT molecular complexity index is 420. The Balaban J connectivity index is 1.70. The van der Waals surface area contributed by atoms with Gasteiger partial charge in [0, 0.05) is 38.6 Å². The lowest BCUT2D eigenvalue weighted by atomic mass is 9.89. The fraction of sp³-hybridized carbons (Fsp3) is 0.867. The molecule has 2 amide bonds. The minimum absolute atomic E-state index is 0.198. The lowest BCUT2D eigenvalue weighted by Gasteiger charge is -2.41. The van der Waals surface area contributed by atoms with E-state index in [1.54, 1.807) is 0 Å². The van der Waals surface area contributed by atoms with Crippen molar-refractivity contribution in [1.82, 2.24) is 10.2 Å². The van der Waals surface area contributed by atoms with E-state index in [0.29, 0.717) is 38.0 Å². The van der Waals surface area contributed by atoms with Crippen molar-refractivity contribution >= 4 is 12.0 Å². The van der Waals surface area contributed by atoms with Crippen LogP contribution in [0, 0.1) is 5.92 Å². The second-order valence-corrected chi connectivity index (χ2v) is 6.52. The minimum atomic E-state index is -1.15. The van der Waals surface area contributed by atoms with Crippen LogP contribution in [0.25, 0.3) is 0 Å². The molecule has 3 fully saturated rings. The molecule has 6 nitrogen and oxygen atoms in total. The topological polar surface area (TPSA) is 78.9 Å². The molecule has 3 rings (SSSR count). The Morgan fingerprint density at radius 3 is 2.57 bits per heavy atom. The maximum atomic E-state index is 12.6. The fourth-order valence-electron chi connectivity index (χ4n) is 4.09. The van der Waals surface area contributed by atoms with E-state index >= 15 is 0 Å². The van der Waals surface area contributed by atoms with E-state index in [0.717, 1.165) is 19.4 Å². The maximum absolute atomic E-state index is 12.6. The third-order valence-corrected chi connectivity index (χ3v) is 5.36. The van der Waals surface area contributed by atoms with Crippen molar-refractivity contribution in [2.24, 2.45) is 5.92 Å². The molecule has 2 heterocycles. The van der Waals surface area contributed by atoms with Crippen molar-refractivity contribution in [3.8, 4) is 0 Å². The molecule has 0 aromatic carbocycles. The van der Waals surface area contributed by atoms with Crippen molar-refractivity contribution in [3.05, 3.63) is 0 Å². The van der Waals surface area contributed by atoms with Crippen molar-refractivity contribution in [3.63, 3.8) is 0 Å². The highest BCUT2D eigenvalue weighted by atomic mass is 16.5. The number of carbonyl (C=O) groups is 2. The van der Waals surface area contributed by atoms with Gasteiger partial charge in [-0.05, 0) is 31.6 Å². The van der Waals surface area contributed by atoms with Gasteiger partial charge in [0.25, 0.3) is 0 Å². The van der Waals surface area contributed by atoms with Gasteiger partial charge in [-0.1, -0.05) is 6.42 Å². The predicted molar refractivity (Wildman–Crippen MR) is 76.0 cm³/mol. The zero-order valence-electron chi connectivity index (χ0n) is 12.3. The molecule has 2 unspecified atom stereocenters. The van der Waals surface area contributed by atoms with E-state index in [-0.39, 0.29) is 6.03 Å². The van der Waals surface area contributed by atoms with Crippen LogP contribution in [-0.2, 0) is 9.53 Å². The highest BCUT2D eigenvalue weighted by Gasteiger charge is 2.44. The summed E-state index contributed by atoms with van der Waals surface area (Å²) in [7, 11) is 0. The molecule has 1 saturated carbocycles. The Morgan fingerprint density at radius 2 is 1.86 bits per heavy atom. The number of nitrogens with zero attached hydrogens (tertiary/aromatic N) is 1. The molecule has 0 radical (unpaired) electrons. The monoisotopic (exact) mass is 296 g/mol. The van der Waals surface area contributed by atoms with Gasteiger partial charge in [0.1, 0.15) is 5.54 Å².